The Morgan fingerprint density at radius 1 is 1.26 bits per heavy atom. The number of amides is 3. The van der Waals surface area contributed by atoms with E-state index in [1.165, 1.54) is 18.2 Å². The van der Waals surface area contributed by atoms with Gasteiger partial charge in [-0.2, -0.15) is 0 Å². The Balaban J connectivity index is 1.80. The molecule has 27 heavy (non-hydrogen) atoms. The zero-order valence-corrected chi connectivity index (χ0v) is 15.7. The Hall–Kier alpha value is -2.82. The summed E-state index contributed by atoms with van der Waals surface area (Å²) in [5.41, 5.74) is 0.413. The first-order valence-corrected chi connectivity index (χ1v) is 9.13. The zero-order valence-electron chi connectivity index (χ0n) is 14.1. The third kappa shape index (κ3) is 5.33. The SMILES string of the molecule is O=C(CCCNC(=O)c1ccc(CBr)c([N+](=O)[O-])c1)ON1C(=O)CCC1=O. The number of hydroxylamine groups is 2. The number of benzene rings is 1. The van der Waals surface area contributed by atoms with E-state index in [1.807, 2.05) is 0 Å². The van der Waals surface area contributed by atoms with Crippen molar-refractivity contribution in [2.24, 2.45) is 0 Å². The Bertz CT molecular complexity index is 780. The van der Waals surface area contributed by atoms with Gasteiger partial charge in [0.1, 0.15) is 0 Å². The molecule has 1 N–H and O–H groups in total. The maximum Gasteiger partial charge on any atom is 0.333 e. The van der Waals surface area contributed by atoms with Crippen LogP contribution in [-0.4, -0.2) is 40.2 Å². The zero-order chi connectivity index (χ0) is 20.0. The van der Waals surface area contributed by atoms with Crippen molar-refractivity contribution < 1.29 is 28.9 Å². The minimum Gasteiger partial charge on any atom is -0.352 e. The van der Waals surface area contributed by atoms with Crippen LogP contribution in [0.5, 0.6) is 0 Å². The summed E-state index contributed by atoms with van der Waals surface area (Å²) in [7, 11) is 0. The van der Waals surface area contributed by atoms with Crippen LogP contribution in [0.2, 0.25) is 0 Å². The predicted molar refractivity (Wildman–Crippen MR) is 94.5 cm³/mol. The average Bonchev–Trinajstić information content (AvgIpc) is 2.96. The van der Waals surface area contributed by atoms with E-state index in [2.05, 4.69) is 21.2 Å². The number of alkyl halides is 1. The molecule has 2 rings (SSSR count). The van der Waals surface area contributed by atoms with Crippen LogP contribution in [0.15, 0.2) is 18.2 Å². The highest BCUT2D eigenvalue weighted by Gasteiger charge is 2.32. The molecule has 3 amide bonds. The molecule has 0 atom stereocenters. The summed E-state index contributed by atoms with van der Waals surface area (Å²) in [4.78, 5) is 61.5. The molecule has 1 fully saturated rings. The molecule has 0 saturated carbocycles. The average molecular weight is 442 g/mol. The lowest BCUT2D eigenvalue weighted by Crippen LogP contribution is -2.32. The van der Waals surface area contributed by atoms with Crippen molar-refractivity contribution in [3.63, 3.8) is 0 Å². The molecule has 1 saturated heterocycles. The van der Waals surface area contributed by atoms with Gasteiger partial charge in [-0.3, -0.25) is 24.5 Å². The van der Waals surface area contributed by atoms with Gasteiger partial charge in [0, 0.05) is 48.3 Å². The van der Waals surface area contributed by atoms with Crippen molar-refractivity contribution in [1.82, 2.24) is 10.4 Å². The molecule has 1 heterocycles. The molecule has 1 aromatic rings. The summed E-state index contributed by atoms with van der Waals surface area (Å²) in [6.07, 6.45) is 0.132. The fourth-order valence-electron chi connectivity index (χ4n) is 2.33. The van der Waals surface area contributed by atoms with Crippen LogP contribution in [0, 0.1) is 10.1 Å². The molecule has 0 bridgehead atoms. The fourth-order valence-corrected chi connectivity index (χ4v) is 2.80. The van der Waals surface area contributed by atoms with Gasteiger partial charge < -0.3 is 10.2 Å². The lowest BCUT2D eigenvalue weighted by atomic mass is 10.1. The molecule has 1 aliphatic heterocycles. The van der Waals surface area contributed by atoms with Gasteiger partial charge in [-0.05, 0) is 12.5 Å². The quantitative estimate of drug-likeness (QED) is 0.212. The van der Waals surface area contributed by atoms with E-state index in [1.54, 1.807) is 0 Å². The van der Waals surface area contributed by atoms with E-state index in [4.69, 9.17) is 4.84 Å². The number of nitro groups is 1. The van der Waals surface area contributed by atoms with Gasteiger partial charge in [-0.25, -0.2) is 4.79 Å². The summed E-state index contributed by atoms with van der Waals surface area (Å²) in [5.74, 6) is -2.40. The molecule has 11 heteroatoms. The minimum absolute atomic E-state index is 0.0160. The van der Waals surface area contributed by atoms with Gasteiger partial charge in [-0.1, -0.05) is 22.0 Å². The van der Waals surface area contributed by atoms with E-state index in [-0.39, 0.29) is 48.8 Å². The normalized spacial score (nSPS) is 13.6. The number of rotatable bonds is 8. The highest BCUT2D eigenvalue weighted by Crippen LogP contribution is 2.22. The highest BCUT2D eigenvalue weighted by atomic mass is 79.9. The molecular formula is C16H16BrN3O7. The molecule has 0 spiro atoms. The first-order chi connectivity index (χ1) is 12.8. The molecule has 0 aromatic heterocycles. The second kappa shape index (κ2) is 9.21. The second-order valence-corrected chi connectivity index (χ2v) is 6.20. The molecule has 0 radical (unpaired) electrons. The fraction of sp³-hybridized carbons (Fsp3) is 0.375. The standard InChI is InChI=1S/C16H16BrN3O7/c17-9-11-4-3-10(8-12(11)20(25)26)16(24)18-7-1-2-15(23)27-19-13(21)5-6-14(19)22/h3-4,8H,1-2,5-7,9H2,(H,18,24). The number of imide groups is 1. The van der Waals surface area contributed by atoms with E-state index in [0.29, 0.717) is 10.6 Å². The number of nitrogens with one attached hydrogen (secondary N) is 1. The molecule has 10 nitrogen and oxygen atoms in total. The van der Waals surface area contributed by atoms with Crippen LogP contribution in [0.1, 0.15) is 41.6 Å². The number of carbonyl (C=O) groups is 4. The van der Waals surface area contributed by atoms with Crippen LogP contribution >= 0.6 is 15.9 Å². The van der Waals surface area contributed by atoms with Crippen LogP contribution in [-0.2, 0) is 24.6 Å². The van der Waals surface area contributed by atoms with Gasteiger partial charge >= 0.3 is 5.97 Å². The number of hydrogen-bond acceptors (Lipinski definition) is 7. The van der Waals surface area contributed by atoms with Gasteiger partial charge in [0.2, 0.25) is 0 Å². The molecular weight excluding hydrogens is 426 g/mol. The van der Waals surface area contributed by atoms with Crippen molar-refractivity contribution in [3.05, 3.63) is 39.4 Å². The number of carbonyl (C=O) groups excluding carboxylic acids is 4. The third-order valence-corrected chi connectivity index (χ3v) is 4.33. The Morgan fingerprint density at radius 3 is 2.52 bits per heavy atom. The van der Waals surface area contributed by atoms with Gasteiger partial charge in [0.25, 0.3) is 23.4 Å². The summed E-state index contributed by atoms with van der Waals surface area (Å²) < 4.78 is 0. The highest BCUT2D eigenvalue weighted by molar-refractivity contribution is 9.08. The van der Waals surface area contributed by atoms with Gasteiger partial charge in [0.05, 0.1) is 4.92 Å². The van der Waals surface area contributed by atoms with Crippen molar-refractivity contribution in [2.45, 2.75) is 31.0 Å². The summed E-state index contributed by atoms with van der Waals surface area (Å²) in [6, 6.07) is 4.14. The Morgan fingerprint density at radius 2 is 1.93 bits per heavy atom. The van der Waals surface area contributed by atoms with Crippen molar-refractivity contribution in [2.75, 3.05) is 6.54 Å². The van der Waals surface area contributed by atoms with E-state index >= 15 is 0 Å². The summed E-state index contributed by atoms with van der Waals surface area (Å²) >= 11 is 3.15. The van der Waals surface area contributed by atoms with Crippen LogP contribution in [0.25, 0.3) is 0 Å². The van der Waals surface area contributed by atoms with E-state index in [9.17, 15) is 29.3 Å². The third-order valence-electron chi connectivity index (χ3n) is 3.73. The maximum absolute atomic E-state index is 12.1. The van der Waals surface area contributed by atoms with E-state index < -0.39 is 28.6 Å². The van der Waals surface area contributed by atoms with Crippen LogP contribution < -0.4 is 5.32 Å². The topological polar surface area (TPSA) is 136 Å². The van der Waals surface area contributed by atoms with E-state index in [0.717, 1.165) is 0 Å². The molecule has 1 aliphatic rings. The van der Waals surface area contributed by atoms with Crippen molar-refractivity contribution >= 4 is 45.3 Å². The van der Waals surface area contributed by atoms with Crippen molar-refractivity contribution in [3.8, 4) is 0 Å². The maximum atomic E-state index is 12.1. The number of nitro benzene ring substituents is 1. The number of hydrogen-bond donors (Lipinski definition) is 1. The first kappa shape index (κ1) is 20.5. The summed E-state index contributed by atoms with van der Waals surface area (Å²) in [5, 5.41) is 14.3. The Kier molecular flexibility index (Phi) is 6.99. The molecule has 144 valence electrons. The Labute approximate surface area is 162 Å². The molecule has 1 aromatic carbocycles. The number of nitrogens with zero attached hydrogens (tertiary/aromatic N) is 2. The van der Waals surface area contributed by atoms with Gasteiger partial charge in [0.15, 0.2) is 0 Å². The smallest absolute Gasteiger partial charge is 0.333 e. The lowest BCUT2D eigenvalue weighted by Gasteiger charge is -2.12. The van der Waals surface area contributed by atoms with Crippen LogP contribution in [0.4, 0.5) is 5.69 Å². The lowest BCUT2D eigenvalue weighted by molar-refractivity contribution is -0.385. The van der Waals surface area contributed by atoms with Crippen LogP contribution in [0.3, 0.4) is 0 Å². The molecule has 0 unspecified atom stereocenters. The van der Waals surface area contributed by atoms with Gasteiger partial charge in [-0.15, -0.1) is 5.06 Å². The minimum atomic E-state index is -0.759. The largest absolute Gasteiger partial charge is 0.352 e. The molecule has 0 aliphatic carbocycles. The van der Waals surface area contributed by atoms with Crippen molar-refractivity contribution in [1.29, 1.82) is 0 Å². The predicted octanol–water partition coefficient (Wildman–Crippen LogP) is 1.61. The second-order valence-electron chi connectivity index (χ2n) is 5.64. The monoisotopic (exact) mass is 441 g/mol. The summed E-state index contributed by atoms with van der Waals surface area (Å²) in [6.45, 7) is 0.115. The first-order valence-electron chi connectivity index (χ1n) is 8.01. The number of halogens is 1.